The summed E-state index contributed by atoms with van der Waals surface area (Å²) in [7, 11) is 1.34. The molecular weight excluding hydrogens is 319 g/mol. The first kappa shape index (κ1) is 20.3. The van der Waals surface area contributed by atoms with E-state index in [-0.39, 0.29) is 0 Å². The van der Waals surface area contributed by atoms with E-state index in [0.29, 0.717) is 0 Å². The van der Waals surface area contributed by atoms with E-state index in [4.69, 9.17) is 9.47 Å². The molecule has 0 aliphatic rings. The summed E-state index contributed by atoms with van der Waals surface area (Å²) in [6, 6.07) is 17.6. The van der Waals surface area contributed by atoms with Gasteiger partial charge in [0.15, 0.2) is 0 Å². The Labute approximate surface area is 146 Å². The van der Waals surface area contributed by atoms with Crippen LogP contribution in [0.25, 0.3) is 0 Å². The Balaban J connectivity index is 0.000000254. The zero-order valence-electron chi connectivity index (χ0n) is 15.2. The molecule has 1 unspecified atom stereocenters. The molecule has 0 aromatic heterocycles. The maximum atomic E-state index is 12.1. The van der Waals surface area contributed by atoms with Crippen molar-refractivity contribution in [1.82, 2.24) is 0 Å². The van der Waals surface area contributed by atoms with Crippen LogP contribution in [0, 0.1) is 0 Å². The van der Waals surface area contributed by atoms with Gasteiger partial charge in [0.2, 0.25) is 0 Å². The van der Waals surface area contributed by atoms with Gasteiger partial charge in [0, 0.05) is 18.4 Å². The largest absolute Gasteiger partial charge is 0.497 e. The van der Waals surface area contributed by atoms with Crippen molar-refractivity contribution >= 4 is 7.14 Å². The Morgan fingerprint density at radius 3 is 2.00 bits per heavy atom. The second kappa shape index (κ2) is 10.9. The van der Waals surface area contributed by atoms with Gasteiger partial charge in [-0.25, -0.2) is 0 Å². The van der Waals surface area contributed by atoms with Crippen LogP contribution in [-0.2, 0) is 10.7 Å². The number of rotatable bonds is 7. The van der Waals surface area contributed by atoms with Crippen molar-refractivity contribution in [2.75, 3.05) is 27.0 Å². The monoisotopic (exact) mass is 348 g/mol. The van der Waals surface area contributed by atoms with Crippen LogP contribution in [0.15, 0.2) is 54.6 Å². The molecule has 2 rings (SSSR count). The quantitative estimate of drug-likeness (QED) is 0.604. The standard InChI is InChI=1S/C12H19OP.C8H10O2/c1-3-4-10-14(2,13)11-12-8-6-5-7-9-12;1-9-7-4-3-5-8(6-7)10-2/h5-9H,3-4,10-11H2,1-2H3;3-6H,1-2H3. The third-order valence-corrected chi connectivity index (χ3v) is 5.92. The molecule has 2 aromatic rings. The van der Waals surface area contributed by atoms with Crippen LogP contribution >= 0.6 is 7.14 Å². The van der Waals surface area contributed by atoms with Crippen molar-refractivity contribution in [2.24, 2.45) is 0 Å². The summed E-state index contributed by atoms with van der Waals surface area (Å²) in [5.74, 6) is 1.64. The first-order valence-corrected chi connectivity index (χ1v) is 10.8. The van der Waals surface area contributed by atoms with E-state index in [0.717, 1.165) is 36.7 Å². The average Bonchev–Trinajstić information content (AvgIpc) is 2.61. The zero-order valence-corrected chi connectivity index (χ0v) is 16.1. The normalized spacial score (nSPS) is 12.5. The minimum Gasteiger partial charge on any atom is -0.497 e. The number of unbranched alkanes of at least 4 members (excludes halogenated alkanes) is 1. The predicted molar refractivity (Wildman–Crippen MR) is 103 cm³/mol. The lowest BCUT2D eigenvalue weighted by molar-refractivity contribution is 0.394. The summed E-state index contributed by atoms with van der Waals surface area (Å²) < 4.78 is 22.1. The molecule has 1 atom stereocenters. The van der Waals surface area contributed by atoms with Gasteiger partial charge in [0.05, 0.1) is 21.4 Å². The van der Waals surface area contributed by atoms with Crippen LogP contribution in [-0.4, -0.2) is 27.0 Å². The maximum Gasteiger partial charge on any atom is 0.122 e. The van der Waals surface area contributed by atoms with Crippen molar-refractivity contribution in [3.05, 3.63) is 60.2 Å². The smallest absolute Gasteiger partial charge is 0.122 e. The fraction of sp³-hybridized carbons (Fsp3) is 0.400. The summed E-state index contributed by atoms with van der Waals surface area (Å²) in [6.45, 7) is 4.07. The lowest BCUT2D eigenvalue weighted by Gasteiger charge is -2.12. The minimum absolute atomic E-state index is 0.758. The van der Waals surface area contributed by atoms with Crippen LogP contribution < -0.4 is 9.47 Å². The third-order valence-electron chi connectivity index (χ3n) is 3.62. The van der Waals surface area contributed by atoms with E-state index in [2.05, 4.69) is 19.1 Å². The molecule has 0 amide bonds. The van der Waals surface area contributed by atoms with Crippen LogP contribution in [0.1, 0.15) is 25.3 Å². The van der Waals surface area contributed by atoms with E-state index in [1.165, 1.54) is 5.56 Å². The van der Waals surface area contributed by atoms with Crippen molar-refractivity contribution in [3.8, 4) is 11.5 Å². The molecule has 132 valence electrons. The molecule has 0 fully saturated rings. The number of methoxy groups -OCH3 is 2. The van der Waals surface area contributed by atoms with Crippen molar-refractivity contribution in [1.29, 1.82) is 0 Å². The topological polar surface area (TPSA) is 35.5 Å². The van der Waals surface area contributed by atoms with E-state index in [1.807, 2.05) is 49.1 Å². The Morgan fingerprint density at radius 2 is 1.50 bits per heavy atom. The van der Waals surface area contributed by atoms with E-state index in [1.54, 1.807) is 14.2 Å². The van der Waals surface area contributed by atoms with Gasteiger partial charge in [-0.3, -0.25) is 0 Å². The van der Waals surface area contributed by atoms with Gasteiger partial charge in [-0.05, 0) is 30.8 Å². The second-order valence-corrected chi connectivity index (χ2v) is 9.26. The third kappa shape index (κ3) is 8.21. The number of hydrogen-bond donors (Lipinski definition) is 0. The molecule has 0 heterocycles. The zero-order chi connectivity index (χ0) is 17.8. The highest BCUT2D eigenvalue weighted by molar-refractivity contribution is 7.62. The Bertz CT molecular complexity index is 607. The molecule has 2 aromatic carbocycles. The molecule has 0 N–H and O–H groups in total. The van der Waals surface area contributed by atoms with E-state index in [9.17, 15) is 4.57 Å². The average molecular weight is 348 g/mol. The molecule has 4 heteroatoms. The number of benzene rings is 2. The van der Waals surface area contributed by atoms with Gasteiger partial charge in [0.25, 0.3) is 0 Å². The van der Waals surface area contributed by atoms with E-state index < -0.39 is 7.14 Å². The molecule has 0 radical (unpaired) electrons. The predicted octanol–water partition coefficient (Wildman–Crippen LogP) is 5.68. The van der Waals surface area contributed by atoms with Gasteiger partial charge in [-0.15, -0.1) is 0 Å². The summed E-state index contributed by atoms with van der Waals surface area (Å²) in [5, 5.41) is 0. The Hall–Kier alpha value is -1.73. The lowest BCUT2D eigenvalue weighted by atomic mass is 10.2. The molecule has 0 spiro atoms. The van der Waals surface area contributed by atoms with Crippen LogP contribution in [0.2, 0.25) is 0 Å². The molecule has 0 aliphatic carbocycles. The van der Waals surface area contributed by atoms with Gasteiger partial charge >= 0.3 is 0 Å². The van der Waals surface area contributed by atoms with Crippen molar-refractivity contribution in [2.45, 2.75) is 25.9 Å². The van der Waals surface area contributed by atoms with Crippen LogP contribution in [0.5, 0.6) is 11.5 Å². The molecule has 0 aliphatic heterocycles. The number of ether oxygens (including phenoxy) is 2. The van der Waals surface area contributed by atoms with Crippen LogP contribution in [0.3, 0.4) is 0 Å². The van der Waals surface area contributed by atoms with Gasteiger partial charge in [-0.1, -0.05) is 49.7 Å². The molecular formula is C20H29O3P. The number of hydrogen-bond acceptors (Lipinski definition) is 3. The highest BCUT2D eigenvalue weighted by Gasteiger charge is 2.14. The lowest BCUT2D eigenvalue weighted by Crippen LogP contribution is -1.92. The van der Waals surface area contributed by atoms with Gasteiger partial charge in [-0.2, -0.15) is 0 Å². The highest BCUT2D eigenvalue weighted by atomic mass is 31.2. The fourth-order valence-corrected chi connectivity index (χ4v) is 4.40. The SMILES string of the molecule is CCCCP(C)(=O)Cc1ccccc1.COc1cccc(OC)c1. The minimum atomic E-state index is -1.93. The first-order chi connectivity index (χ1) is 11.5. The Kier molecular flexibility index (Phi) is 9.26. The maximum absolute atomic E-state index is 12.1. The Morgan fingerprint density at radius 1 is 0.917 bits per heavy atom. The molecule has 3 nitrogen and oxygen atoms in total. The summed E-state index contributed by atoms with van der Waals surface area (Å²) >= 11 is 0. The second-order valence-electron chi connectivity index (χ2n) is 5.90. The fourth-order valence-electron chi connectivity index (χ4n) is 2.27. The van der Waals surface area contributed by atoms with Gasteiger partial charge < -0.3 is 14.0 Å². The first-order valence-electron chi connectivity index (χ1n) is 8.28. The summed E-state index contributed by atoms with van der Waals surface area (Å²) in [4.78, 5) is 0. The molecule has 24 heavy (non-hydrogen) atoms. The van der Waals surface area contributed by atoms with Crippen molar-refractivity contribution in [3.63, 3.8) is 0 Å². The summed E-state index contributed by atoms with van der Waals surface area (Å²) in [6.07, 6.45) is 3.86. The van der Waals surface area contributed by atoms with Crippen molar-refractivity contribution < 1.29 is 14.0 Å². The summed E-state index contributed by atoms with van der Waals surface area (Å²) in [5.41, 5.74) is 1.20. The van der Waals surface area contributed by atoms with Gasteiger partial charge in [0.1, 0.15) is 11.5 Å². The molecule has 0 bridgehead atoms. The van der Waals surface area contributed by atoms with E-state index >= 15 is 0 Å². The van der Waals surface area contributed by atoms with Crippen LogP contribution in [0.4, 0.5) is 0 Å². The highest BCUT2D eigenvalue weighted by Crippen LogP contribution is 2.45. The molecule has 0 saturated heterocycles. The molecule has 0 saturated carbocycles.